The summed E-state index contributed by atoms with van der Waals surface area (Å²) in [5, 5.41) is 0.894. The van der Waals surface area contributed by atoms with Crippen LogP contribution < -0.4 is 0 Å². The van der Waals surface area contributed by atoms with Crippen LogP contribution in [-0.4, -0.2) is 52.8 Å². The van der Waals surface area contributed by atoms with Crippen molar-refractivity contribution in [1.82, 2.24) is 14.8 Å². The van der Waals surface area contributed by atoms with E-state index in [2.05, 4.69) is 4.98 Å². The summed E-state index contributed by atoms with van der Waals surface area (Å²) in [5.41, 5.74) is 2.22. The number of carbonyl (C=O) groups is 2. The van der Waals surface area contributed by atoms with Crippen LogP contribution in [0.15, 0.2) is 30.5 Å². The van der Waals surface area contributed by atoms with Crippen LogP contribution in [-0.2, 0) is 11.2 Å². The van der Waals surface area contributed by atoms with Crippen LogP contribution in [0.2, 0.25) is 0 Å². The third-order valence-corrected chi connectivity index (χ3v) is 5.13. The van der Waals surface area contributed by atoms with Crippen molar-refractivity contribution in [3.63, 3.8) is 0 Å². The third kappa shape index (κ3) is 3.82. The van der Waals surface area contributed by atoms with Gasteiger partial charge >= 0.3 is 0 Å². The smallest absolute Gasteiger partial charge is 0.265 e. The van der Waals surface area contributed by atoms with Crippen LogP contribution in [0.1, 0.15) is 25.8 Å². The molecule has 6 heteroatoms. The Balaban J connectivity index is 1.53. The number of benzene rings is 1. The van der Waals surface area contributed by atoms with Crippen molar-refractivity contribution in [1.29, 1.82) is 0 Å². The van der Waals surface area contributed by atoms with Gasteiger partial charge in [-0.2, -0.15) is 0 Å². The molecule has 1 saturated heterocycles. The Bertz CT molecular complexity index is 731. The molecule has 1 fully saturated rings. The molecule has 0 saturated carbocycles. The van der Waals surface area contributed by atoms with Gasteiger partial charge in [-0.25, -0.2) is 4.98 Å². The van der Waals surface area contributed by atoms with Gasteiger partial charge < -0.3 is 9.80 Å². The summed E-state index contributed by atoms with van der Waals surface area (Å²) in [7, 11) is 0. The molecule has 0 unspecified atom stereocenters. The molecule has 1 aromatic heterocycles. The highest BCUT2D eigenvalue weighted by Crippen LogP contribution is 2.16. The third-order valence-electron chi connectivity index (χ3n) is 4.23. The standard InChI is InChI=1S/C18H21N3O2S/c1-13-3-5-15(6-4-13)11-17(22)20-7-9-21(10-8-20)18(23)16-12-19-14(2)24-16/h3-6,12H,7-11H2,1-2H3. The minimum Gasteiger partial charge on any atom is -0.339 e. The van der Waals surface area contributed by atoms with Gasteiger partial charge in [-0.15, -0.1) is 11.3 Å². The van der Waals surface area contributed by atoms with E-state index in [9.17, 15) is 9.59 Å². The first-order chi connectivity index (χ1) is 11.5. The summed E-state index contributed by atoms with van der Waals surface area (Å²) in [5.74, 6) is 0.144. The number of amides is 2. The Hall–Kier alpha value is -2.21. The zero-order valence-corrected chi connectivity index (χ0v) is 14.8. The maximum absolute atomic E-state index is 12.4. The van der Waals surface area contributed by atoms with Gasteiger partial charge in [0.25, 0.3) is 5.91 Å². The number of aromatic nitrogens is 1. The van der Waals surface area contributed by atoms with Gasteiger partial charge in [0.05, 0.1) is 17.6 Å². The second kappa shape index (κ2) is 7.13. The van der Waals surface area contributed by atoms with E-state index in [0.29, 0.717) is 37.5 Å². The first kappa shape index (κ1) is 16.6. The first-order valence-corrected chi connectivity index (χ1v) is 8.89. The molecule has 0 aliphatic carbocycles. The molecule has 3 rings (SSSR count). The second-order valence-corrected chi connectivity index (χ2v) is 7.31. The highest BCUT2D eigenvalue weighted by atomic mass is 32.1. The summed E-state index contributed by atoms with van der Waals surface area (Å²) >= 11 is 1.42. The lowest BCUT2D eigenvalue weighted by Gasteiger charge is -2.34. The molecule has 1 aliphatic heterocycles. The summed E-state index contributed by atoms with van der Waals surface area (Å²) in [6.45, 7) is 6.27. The quantitative estimate of drug-likeness (QED) is 0.859. The maximum atomic E-state index is 12.4. The van der Waals surface area contributed by atoms with E-state index in [1.54, 1.807) is 6.20 Å². The van der Waals surface area contributed by atoms with Gasteiger partial charge in [-0.1, -0.05) is 29.8 Å². The topological polar surface area (TPSA) is 53.5 Å². The molecule has 2 heterocycles. The Labute approximate surface area is 145 Å². The number of aryl methyl sites for hydroxylation is 2. The van der Waals surface area contributed by atoms with E-state index in [4.69, 9.17) is 0 Å². The van der Waals surface area contributed by atoms with Crippen molar-refractivity contribution in [2.75, 3.05) is 26.2 Å². The van der Waals surface area contributed by atoms with E-state index in [1.165, 1.54) is 16.9 Å². The maximum Gasteiger partial charge on any atom is 0.265 e. The number of nitrogens with zero attached hydrogens (tertiary/aromatic N) is 3. The van der Waals surface area contributed by atoms with Crippen molar-refractivity contribution >= 4 is 23.2 Å². The number of hydrogen-bond donors (Lipinski definition) is 0. The van der Waals surface area contributed by atoms with Crippen LogP contribution >= 0.6 is 11.3 Å². The van der Waals surface area contributed by atoms with Crippen LogP contribution in [0, 0.1) is 13.8 Å². The second-order valence-electron chi connectivity index (χ2n) is 6.08. The van der Waals surface area contributed by atoms with E-state index < -0.39 is 0 Å². The van der Waals surface area contributed by atoms with E-state index in [-0.39, 0.29) is 11.8 Å². The Morgan fingerprint density at radius 1 is 1.04 bits per heavy atom. The summed E-state index contributed by atoms with van der Waals surface area (Å²) in [6.07, 6.45) is 2.06. The molecule has 5 nitrogen and oxygen atoms in total. The number of rotatable bonds is 3. The van der Waals surface area contributed by atoms with Crippen LogP contribution in [0.25, 0.3) is 0 Å². The minimum atomic E-state index is 0.0197. The number of hydrogen-bond acceptors (Lipinski definition) is 4. The molecule has 1 aliphatic rings. The Morgan fingerprint density at radius 2 is 1.67 bits per heavy atom. The van der Waals surface area contributed by atoms with Gasteiger partial charge in [0, 0.05) is 26.2 Å². The number of piperazine rings is 1. The van der Waals surface area contributed by atoms with Crippen molar-refractivity contribution in [3.05, 3.63) is 51.5 Å². The molecule has 0 spiro atoms. The van der Waals surface area contributed by atoms with E-state index in [0.717, 1.165) is 10.6 Å². The average Bonchev–Trinajstić information content (AvgIpc) is 3.03. The lowest BCUT2D eigenvalue weighted by molar-refractivity contribution is -0.131. The summed E-state index contributed by atoms with van der Waals surface area (Å²) in [6, 6.07) is 8.05. The summed E-state index contributed by atoms with van der Waals surface area (Å²) in [4.78, 5) is 33.3. The molecule has 1 aromatic carbocycles. The lowest BCUT2D eigenvalue weighted by Crippen LogP contribution is -2.50. The van der Waals surface area contributed by atoms with Crippen molar-refractivity contribution < 1.29 is 9.59 Å². The van der Waals surface area contributed by atoms with Crippen LogP contribution in [0.3, 0.4) is 0 Å². The summed E-state index contributed by atoms with van der Waals surface area (Å²) < 4.78 is 0. The van der Waals surface area contributed by atoms with Crippen molar-refractivity contribution in [3.8, 4) is 0 Å². The molecular weight excluding hydrogens is 322 g/mol. The molecule has 2 amide bonds. The fourth-order valence-corrected chi connectivity index (χ4v) is 3.51. The molecular formula is C18H21N3O2S. The molecule has 24 heavy (non-hydrogen) atoms. The minimum absolute atomic E-state index is 0.0197. The highest BCUT2D eigenvalue weighted by molar-refractivity contribution is 7.13. The lowest BCUT2D eigenvalue weighted by atomic mass is 10.1. The zero-order chi connectivity index (χ0) is 17.1. The molecule has 0 bridgehead atoms. The van der Waals surface area contributed by atoms with Gasteiger partial charge in [-0.05, 0) is 19.4 Å². The molecule has 0 atom stereocenters. The highest BCUT2D eigenvalue weighted by Gasteiger charge is 2.25. The van der Waals surface area contributed by atoms with E-state index >= 15 is 0 Å². The van der Waals surface area contributed by atoms with Gasteiger partial charge in [0.2, 0.25) is 5.91 Å². The molecule has 2 aromatic rings. The van der Waals surface area contributed by atoms with E-state index in [1.807, 2.05) is 47.9 Å². The fraction of sp³-hybridized carbons (Fsp3) is 0.389. The first-order valence-electron chi connectivity index (χ1n) is 8.08. The van der Waals surface area contributed by atoms with Crippen LogP contribution in [0.5, 0.6) is 0 Å². The van der Waals surface area contributed by atoms with Crippen molar-refractivity contribution in [2.24, 2.45) is 0 Å². The fourth-order valence-electron chi connectivity index (χ4n) is 2.77. The average molecular weight is 343 g/mol. The number of carbonyl (C=O) groups excluding carboxylic acids is 2. The molecule has 0 N–H and O–H groups in total. The van der Waals surface area contributed by atoms with Gasteiger partial charge in [0.15, 0.2) is 0 Å². The predicted octanol–water partition coefficient (Wildman–Crippen LogP) is 2.29. The molecule has 0 radical (unpaired) electrons. The zero-order valence-electron chi connectivity index (χ0n) is 14.0. The number of thiazole rings is 1. The Kier molecular flexibility index (Phi) is 4.94. The van der Waals surface area contributed by atoms with Gasteiger partial charge in [-0.3, -0.25) is 9.59 Å². The normalized spacial score (nSPS) is 14.8. The SMILES string of the molecule is Cc1ccc(CC(=O)N2CCN(C(=O)c3cnc(C)s3)CC2)cc1. The van der Waals surface area contributed by atoms with Crippen molar-refractivity contribution in [2.45, 2.75) is 20.3 Å². The van der Waals surface area contributed by atoms with Gasteiger partial charge in [0.1, 0.15) is 4.88 Å². The Morgan fingerprint density at radius 3 is 2.25 bits per heavy atom. The predicted molar refractivity (Wildman–Crippen MR) is 94.2 cm³/mol. The molecule has 126 valence electrons. The van der Waals surface area contributed by atoms with Crippen LogP contribution in [0.4, 0.5) is 0 Å². The largest absolute Gasteiger partial charge is 0.339 e. The monoisotopic (exact) mass is 343 g/mol.